The minimum absolute atomic E-state index is 0.232. The Hall–Kier alpha value is -2.36. The molecule has 7 heteroatoms. The zero-order valence-corrected chi connectivity index (χ0v) is 7.90. The number of rotatable bonds is 2. The van der Waals surface area contributed by atoms with Crippen LogP contribution in [0.25, 0.3) is 0 Å². The molecule has 1 heterocycles. The van der Waals surface area contributed by atoms with E-state index < -0.39 is 23.5 Å². The number of nitrogens with one attached hydrogen (secondary N) is 1. The van der Waals surface area contributed by atoms with Crippen molar-refractivity contribution in [1.29, 1.82) is 5.26 Å². The molecule has 15 heavy (non-hydrogen) atoms. The number of ketones is 1. The van der Waals surface area contributed by atoms with Crippen LogP contribution in [0, 0.1) is 11.3 Å². The van der Waals surface area contributed by atoms with Crippen LogP contribution in [0.4, 0.5) is 5.82 Å². The SMILES string of the molecule is Cn1c(N)c(C(=O)CC#N)c(=O)[nH]c1=O. The number of aromatic nitrogens is 2. The maximum Gasteiger partial charge on any atom is 0.329 e. The molecule has 0 aromatic carbocycles. The summed E-state index contributed by atoms with van der Waals surface area (Å²) >= 11 is 0. The van der Waals surface area contributed by atoms with Gasteiger partial charge in [0.15, 0.2) is 5.78 Å². The third-order valence-electron chi connectivity index (χ3n) is 1.89. The smallest absolute Gasteiger partial charge is 0.329 e. The normalized spacial score (nSPS) is 9.60. The predicted molar refractivity (Wildman–Crippen MR) is 51.3 cm³/mol. The second-order valence-electron chi connectivity index (χ2n) is 2.84. The molecule has 0 bridgehead atoms. The second kappa shape index (κ2) is 3.79. The molecule has 0 amide bonds. The number of aromatic amines is 1. The molecule has 3 N–H and O–H groups in total. The Balaban J connectivity index is 3.51. The monoisotopic (exact) mass is 208 g/mol. The molecule has 0 aliphatic rings. The molecule has 0 unspecified atom stereocenters. The van der Waals surface area contributed by atoms with E-state index in [0.717, 1.165) is 4.57 Å². The second-order valence-corrected chi connectivity index (χ2v) is 2.84. The number of carbonyl (C=O) groups excluding carboxylic acids is 1. The number of Topliss-reactive ketones (excluding diaryl/α,β-unsaturated/α-hetero) is 1. The van der Waals surface area contributed by atoms with Crippen LogP contribution in [0.5, 0.6) is 0 Å². The highest BCUT2D eigenvalue weighted by Crippen LogP contribution is 2.04. The number of carbonyl (C=O) groups is 1. The molecule has 0 aliphatic heterocycles. The predicted octanol–water partition coefficient (Wildman–Crippen LogP) is -1.25. The molecule has 1 rings (SSSR count). The fourth-order valence-corrected chi connectivity index (χ4v) is 1.07. The van der Waals surface area contributed by atoms with Gasteiger partial charge in [-0.3, -0.25) is 19.1 Å². The number of hydrogen-bond acceptors (Lipinski definition) is 5. The van der Waals surface area contributed by atoms with Gasteiger partial charge in [-0.25, -0.2) is 4.79 Å². The lowest BCUT2D eigenvalue weighted by Crippen LogP contribution is -2.34. The molecule has 0 saturated carbocycles. The van der Waals surface area contributed by atoms with Gasteiger partial charge in [-0.1, -0.05) is 0 Å². The quantitative estimate of drug-likeness (QED) is 0.588. The first kappa shape index (κ1) is 10.7. The number of hydrogen-bond donors (Lipinski definition) is 2. The van der Waals surface area contributed by atoms with E-state index in [2.05, 4.69) is 0 Å². The Labute approximate surface area is 83.8 Å². The van der Waals surface area contributed by atoms with Crippen molar-refractivity contribution in [3.63, 3.8) is 0 Å². The van der Waals surface area contributed by atoms with E-state index in [-0.39, 0.29) is 11.4 Å². The summed E-state index contributed by atoms with van der Waals surface area (Å²) < 4.78 is 0.937. The first-order valence-corrected chi connectivity index (χ1v) is 3.98. The summed E-state index contributed by atoms with van der Waals surface area (Å²) in [5.41, 5.74) is 3.51. The molecular weight excluding hydrogens is 200 g/mol. The molecule has 7 nitrogen and oxygen atoms in total. The molecule has 0 aliphatic carbocycles. The van der Waals surface area contributed by atoms with Gasteiger partial charge >= 0.3 is 5.69 Å². The average Bonchev–Trinajstić information content (AvgIpc) is 2.15. The van der Waals surface area contributed by atoms with Crippen LogP contribution in [-0.4, -0.2) is 15.3 Å². The van der Waals surface area contributed by atoms with Crippen molar-refractivity contribution in [3.8, 4) is 6.07 Å². The Bertz CT molecular complexity index is 561. The van der Waals surface area contributed by atoms with Crippen molar-refractivity contribution < 1.29 is 4.79 Å². The highest BCUT2D eigenvalue weighted by atomic mass is 16.2. The molecule has 0 fully saturated rings. The number of nitriles is 1. The zero-order valence-electron chi connectivity index (χ0n) is 7.90. The number of H-pyrrole nitrogens is 1. The van der Waals surface area contributed by atoms with Crippen LogP contribution in [0.3, 0.4) is 0 Å². The van der Waals surface area contributed by atoms with E-state index in [1.54, 1.807) is 6.07 Å². The van der Waals surface area contributed by atoms with Crippen LogP contribution >= 0.6 is 0 Å². The van der Waals surface area contributed by atoms with Gasteiger partial charge in [0.1, 0.15) is 11.4 Å². The van der Waals surface area contributed by atoms with E-state index >= 15 is 0 Å². The molecule has 0 atom stereocenters. The molecule has 0 radical (unpaired) electrons. The Morgan fingerprint density at radius 1 is 1.60 bits per heavy atom. The molecule has 0 spiro atoms. The lowest BCUT2D eigenvalue weighted by atomic mass is 10.1. The highest BCUT2D eigenvalue weighted by molar-refractivity contribution is 6.00. The summed E-state index contributed by atoms with van der Waals surface area (Å²) in [6, 6.07) is 1.61. The van der Waals surface area contributed by atoms with Crippen LogP contribution in [0.1, 0.15) is 16.8 Å². The van der Waals surface area contributed by atoms with Gasteiger partial charge in [-0.2, -0.15) is 5.26 Å². The number of anilines is 1. The third-order valence-corrected chi connectivity index (χ3v) is 1.89. The Morgan fingerprint density at radius 2 is 2.20 bits per heavy atom. The minimum Gasteiger partial charge on any atom is -0.384 e. The van der Waals surface area contributed by atoms with Crippen LogP contribution in [0.15, 0.2) is 9.59 Å². The summed E-state index contributed by atoms with van der Waals surface area (Å²) in [5, 5.41) is 8.31. The summed E-state index contributed by atoms with van der Waals surface area (Å²) in [6.45, 7) is 0. The molecular formula is C8H8N4O3. The first-order valence-electron chi connectivity index (χ1n) is 3.98. The Morgan fingerprint density at radius 3 is 2.73 bits per heavy atom. The number of nitrogens with zero attached hydrogens (tertiary/aromatic N) is 2. The molecule has 0 saturated heterocycles. The van der Waals surface area contributed by atoms with Crippen molar-refractivity contribution >= 4 is 11.6 Å². The zero-order chi connectivity index (χ0) is 11.6. The van der Waals surface area contributed by atoms with Gasteiger partial charge in [0.25, 0.3) is 5.56 Å². The van der Waals surface area contributed by atoms with Gasteiger partial charge in [0.05, 0.1) is 12.5 Å². The van der Waals surface area contributed by atoms with E-state index in [9.17, 15) is 14.4 Å². The van der Waals surface area contributed by atoms with E-state index in [4.69, 9.17) is 11.0 Å². The lowest BCUT2D eigenvalue weighted by Gasteiger charge is -2.05. The van der Waals surface area contributed by atoms with E-state index in [1.165, 1.54) is 7.05 Å². The van der Waals surface area contributed by atoms with Crippen LogP contribution in [-0.2, 0) is 7.05 Å². The van der Waals surface area contributed by atoms with Crippen molar-refractivity contribution in [2.75, 3.05) is 5.73 Å². The minimum atomic E-state index is -0.865. The first-order chi connectivity index (χ1) is 6.99. The van der Waals surface area contributed by atoms with E-state index in [0.29, 0.717) is 0 Å². The topological polar surface area (TPSA) is 122 Å². The maximum atomic E-state index is 11.3. The summed E-state index contributed by atoms with van der Waals surface area (Å²) in [7, 11) is 1.32. The van der Waals surface area contributed by atoms with Crippen LogP contribution < -0.4 is 17.0 Å². The lowest BCUT2D eigenvalue weighted by molar-refractivity contribution is 0.0996. The highest BCUT2D eigenvalue weighted by Gasteiger charge is 2.17. The summed E-state index contributed by atoms with van der Waals surface area (Å²) in [6.07, 6.45) is -0.453. The fraction of sp³-hybridized carbons (Fsp3) is 0.250. The van der Waals surface area contributed by atoms with Crippen molar-refractivity contribution in [2.24, 2.45) is 7.05 Å². The van der Waals surface area contributed by atoms with Crippen molar-refractivity contribution in [3.05, 3.63) is 26.4 Å². The largest absolute Gasteiger partial charge is 0.384 e. The Kier molecular flexibility index (Phi) is 2.71. The van der Waals surface area contributed by atoms with Gasteiger partial charge in [-0.05, 0) is 0 Å². The summed E-state index contributed by atoms with van der Waals surface area (Å²) in [4.78, 5) is 35.5. The average molecular weight is 208 g/mol. The fourth-order valence-electron chi connectivity index (χ4n) is 1.07. The maximum absolute atomic E-state index is 11.3. The van der Waals surface area contributed by atoms with Gasteiger partial charge < -0.3 is 5.73 Å². The standard InChI is InChI=1S/C8H8N4O3/c1-12-6(10)5(4(13)2-3-9)7(14)11-8(12)15/h2,10H2,1H3,(H,11,14,15). The number of nitrogen functional groups attached to an aromatic ring is 1. The van der Waals surface area contributed by atoms with Gasteiger partial charge in [-0.15, -0.1) is 0 Å². The third kappa shape index (κ3) is 1.78. The van der Waals surface area contributed by atoms with Crippen molar-refractivity contribution in [1.82, 2.24) is 9.55 Å². The van der Waals surface area contributed by atoms with Crippen LogP contribution in [0.2, 0.25) is 0 Å². The summed E-state index contributed by atoms with van der Waals surface area (Å²) in [5.74, 6) is -0.934. The van der Waals surface area contributed by atoms with Gasteiger partial charge in [0, 0.05) is 7.05 Å². The van der Waals surface area contributed by atoms with Gasteiger partial charge in [0.2, 0.25) is 0 Å². The molecule has 1 aromatic rings. The molecule has 1 aromatic heterocycles. The van der Waals surface area contributed by atoms with E-state index in [1.807, 2.05) is 4.98 Å². The van der Waals surface area contributed by atoms with Crippen molar-refractivity contribution in [2.45, 2.75) is 6.42 Å². The number of nitrogens with two attached hydrogens (primary N) is 1. The molecule has 78 valence electrons.